The van der Waals surface area contributed by atoms with E-state index in [1.807, 2.05) is 13.0 Å². The third kappa shape index (κ3) is 8.56. The van der Waals surface area contributed by atoms with Crippen molar-refractivity contribution in [2.75, 3.05) is 7.11 Å². The number of rotatable bonds is 7. The smallest absolute Gasteiger partial charge is 0.408 e. The van der Waals surface area contributed by atoms with E-state index in [0.717, 1.165) is 12.8 Å². The van der Waals surface area contributed by atoms with Gasteiger partial charge < -0.3 is 14.8 Å². The molecule has 0 heterocycles. The Hall–Kier alpha value is -1.52. The van der Waals surface area contributed by atoms with E-state index in [-0.39, 0.29) is 5.92 Å². The molecule has 0 saturated heterocycles. The number of alkyl carbamates (subject to hydrolysis) is 1. The molecule has 0 fully saturated rings. The van der Waals surface area contributed by atoms with Crippen molar-refractivity contribution in [3.63, 3.8) is 0 Å². The molecule has 116 valence electrons. The minimum Gasteiger partial charge on any atom is -0.467 e. The van der Waals surface area contributed by atoms with Crippen molar-refractivity contribution in [3.8, 4) is 0 Å². The molecule has 0 rings (SSSR count). The molecule has 1 N–H and O–H groups in total. The van der Waals surface area contributed by atoms with Gasteiger partial charge >= 0.3 is 12.1 Å². The maximum absolute atomic E-state index is 11.7. The van der Waals surface area contributed by atoms with Gasteiger partial charge in [0.05, 0.1) is 7.11 Å². The first-order chi connectivity index (χ1) is 9.19. The van der Waals surface area contributed by atoms with Crippen LogP contribution in [-0.4, -0.2) is 30.8 Å². The van der Waals surface area contributed by atoms with Crippen molar-refractivity contribution >= 4 is 12.1 Å². The Morgan fingerprint density at radius 1 is 1.35 bits per heavy atom. The molecule has 0 aliphatic carbocycles. The first-order valence-corrected chi connectivity index (χ1v) is 6.87. The first kappa shape index (κ1) is 18.5. The second-order valence-corrected chi connectivity index (χ2v) is 5.93. The molecule has 0 bridgehead atoms. The largest absolute Gasteiger partial charge is 0.467 e. The molecular weight excluding hydrogens is 258 g/mol. The number of esters is 1. The highest BCUT2D eigenvalue weighted by molar-refractivity contribution is 5.81. The molecular formula is C15H27NO4. The van der Waals surface area contributed by atoms with Gasteiger partial charge in [0.1, 0.15) is 11.6 Å². The summed E-state index contributed by atoms with van der Waals surface area (Å²) in [6.45, 7) is 11.0. The Bertz CT molecular complexity index is 333. The second kappa shape index (κ2) is 8.61. The monoisotopic (exact) mass is 285 g/mol. The number of hydrogen-bond donors (Lipinski definition) is 1. The molecule has 0 spiro atoms. The number of hydrogen-bond acceptors (Lipinski definition) is 4. The van der Waals surface area contributed by atoms with Gasteiger partial charge in [-0.1, -0.05) is 13.0 Å². The summed E-state index contributed by atoms with van der Waals surface area (Å²) in [5.74, 6) is -0.187. The van der Waals surface area contributed by atoms with Crippen molar-refractivity contribution in [2.24, 2.45) is 5.92 Å². The Balaban J connectivity index is 4.53. The zero-order chi connectivity index (χ0) is 15.8. The SMILES string of the molecule is C=CCC[C@@H](C)C[C@H](NC(=O)OC(C)(C)C)C(=O)OC. The van der Waals surface area contributed by atoms with E-state index in [0.29, 0.717) is 6.42 Å². The van der Waals surface area contributed by atoms with Gasteiger partial charge in [0, 0.05) is 0 Å². The summed E-state index contributed by atoms with van der Waals surface area (Å²) in [6.07, 6.45) is 3.53. The van der Waals surface area contributed by atoms with Gasteiger partial charge in [-0.05, 0) is 46.0 Å². The van der Waals surface area contributed by atoms with Crippen LogP contribution in [0.1, 0.15) is 47.0 Å². The summed E-state index contributed by atoms with van der Waals surface area (Å²) in [4.78, 5) is 23.4. The summed E-state index contributed by atoms with van der Waals surface area (Å²) in [5.41, 5.74) is -0.598. The lowest BCUT2D eigenvalue weighted by atomic mass is 9.97. The number of ether oxygens (including phenoxy) is 2. The lowest BCUT2D eigenvalue weighted by molar-refractivity contribution is -0.143. The Morgan fingerprint density at radius 2 is 1.95 bits per heavy atom. The molecule has 5 nitrogen and oxygen atoms in total. The van der Waals surface area contributed by atoms with Crippen LogP contribution in [-0.2, 0) is 14.3 Å². The Labute approximate surface area is 121 Å². The zero-order valence-corrected chi connectivity index (χ0v) is 13.2. The van der Waals surface area contributed by atoms with Crippen LogP contribution < -0.4 is 5.32 Å². The highest BCUT2D eigenvalue weighted by atomic mass is 16.6. The molecule has 0 saturated carbocycles. The molecule has 1 amide bonds. The van der Waals surface area contributed by atoms with Crippen LogP contribution >= 0.6 is 0 Å². The van der Waals surface area contributed by atoms with E-state index < -0.39 is 23.7 Å². The third-order valence-corrected chi connectivity index (χ3v) is 2.68. The van der Waals surface area contributed by atoms with E-state index in [1.54, 1.807) is 20.8 Å². The number of carbonyl (C=O) groups excluding carboxylic acids is 2. The van der Waals surface area contributed by atoms with Crippen molar-refractivity contribution < 1.29 is 19.1 Å². The van der Waals surface area contributed by atoms with Gasteiger partial charge in [-0.15, -0.1) is 6.58 Å². The van der Waals surface area contributed by atoms with Crippen molar-refractivity contribution in [2.45, 2.75) is 58.6 Å². The van der Waals surface area contributed by atoms with Crippen LogP contribution in [0.5, 0.6) is 0 Å². The molecule has 0 aromatic rings. The number of allylic oxidation sites excluding steroid dienone is 1. The molecule has 5 heteroatoms. The fourth-order valence-corrected chi connectivity index (χ4v) is 1.73. The predicted octanol–water partition coefficient (Wildman–Crippen LogP) is 3.05. The minimum absolute atomic E-state index is 0.270. The molecule has 20 heavy (non-hydrogen) atoms. The second-order valence-electron chi connectivity index (χ2n) is 5.93. The van der Waals surface area contributed by atoms with Gasteiger partial charge in [-0.2, -0.15) is 0 Å². The van der Waals surface area contributed by atoms with Gasteiger partial charge in [0.25, 0.3) is 0 Å². The third-order valence-electron chi connectivity index (χ3n) is 2.68. The van der Waals surface area contributed by atoms with E-state index in [4.69, 9.17) is 9.47 Å². The van der Waals surface area contributed by atoms with Gasteiger partial charge in [0.15, 0.2) is 0 Å². The topological polar surface area (TPSA) is 64.6 Å². The zero-order valence-electron chi connectivity index (χ0n) is 13.2. The minimum atomic E-state index is -0.685. The van der Waals surface area contributed by atoms with Crippen molar-refractivity contribution in [3.05, 3.63) is 12.7 Å². The van der Waals surface area contributed by atoms with E-state index in [1.165, 1.54) is 7.11 Å². The van der Waals surface area contributed by atoms with Crippen LogP contribution in [0.2, 0.25) is 0 Å². The van der Waals surface area contributed by atoms with Crippen LogP contribution in [0.3, 0.4) is 0 Å². The standard InChI is InChI=1S/C15H27NO4/c1-7-8-9-11(2)10-12(13(17)19-6)16-14(18)20-15(3,4)5/h7,11-12H,1,8-10H2,2-6H3,(H,16,18)/t11-,12+/m1/s1. The number of nitrogens with one attached hydrogen (secondary N) is 1. The van der Waals surface area contributed by atoms with Crippen LogP contribution in [0.25, 0.3) is 0 Å². The van der Waals surface area contributed by atoms with Crippen LogP contribution in [0.4, 0.5) is 4.79 Å². The number of amides is 1. The molecule has 2 atom stereocenters. The fourth-order valence-electron chi connectivity index (χ4n) is 1.73. The van der Waals surface area contributed by atoms with E-state index in [9.17, 15) is 9.59 Å². The van der Waals surface area contributed by atoms with Crippen LogP contribution in [0.15, 0.2) is 12.7 Å². The summed E-state index contributed by atoms with van der Waals surface area (Å²) in [7, 11) is 1.31. The summed E-state index contributed by atoms with van der Waals surface area (Å²) >= 11 is 0. The van der Waals surface area contributed by atoms with Gasteiger partial charge in [0.2, 0.25) is 0 Å². The average molecular weight is 285 g/mol. The lowest BCUT2D eigenvalue weighted by Gasteiger charge is -2.24. The normalized spacial score (nSPS) is 14.1. The molecule has 0 aromatic carbocycles. The van der Waals surface area contributed by atoms with Crippen LogP contribution in [0, 0.1) is 5.92 Å². The maximum atomic E-state index is 11.7. The molecule has 0 aliphatic heterocycles. The Kier molecular flexibility index (Phi) is 7.96. The highest BCUT2D eigenvalue weighted by Gasteiger charge is 2.26. The number of carbonyl (C=O) groups is 2. The van der Waals surface area contributed by atoms with Crippen molar-refractivity contribution in [1.82, 2.24) is 5.32 Å². The highest BCUT2D eigenvalue weighted by Crippen LogP contribution is 2.15. The summed E-state index contributed by atoms with van der Waals surface area (Å²) in [6, 6.07) is -0.685. The van der Waals surface area contributed by atoms with E-state index >= 15 is 0 Å². The maximum Gasteiger partial charge on any atom is 0.408 e. The quantitative estimate of drug-likeness (QED) is 0.577. The lowest BCUT2D eigenvalue weighted by Crippen LogP contribution is -2.44. The summed E-state index contributed by atoms with van der Waals surface area (Å²) in [5, 5.41) is 2.57. The predicted molar refractivity (Wildman–Crippen MR) is 78.4 cm³/mol. The Morgan fingerprint density at radius 3 is 2.40 bits per heavy atom. The average Bonchev–Trinajstić information content (AvgIpc) is 2.32. The number of methoxy groups -OCH3 is 1. The first-order valence-electron chi connectivity index (χ1n) is 6.87. The van der Waals surface area contributed by atoms with E-state index in [2.05, 4.69) is 11.9 Å². The van der Waals surface area contributed by atoms with Crippen molar-refractivity contribution in [1.29, 1.82) is 0 Å². The fraction of sp³-hybridized carbons (Fsp3) is 0.733. The van der Waals surface area contributed by atoms with Gasteiger partial charge in [-0.3, -0.25) is 0 Å². The molecule has 0 unspecified atom stereocenters. The summed E-state index contributed by atoms with van der Waals surface area (Å²) < 4.78 is 9.87. The molecule has 0 aliphatic rings. The molecule has 0 radical (unpaired) electrons. The van der Waals surface area contributed by atoms with Gasteiger partial charge in [-0.25, -0.2) is 9.59 Å². The molecule has 0 aromatic heterocycles.